The summed E-state index contributed by atoms with van der Waals surface area (Å²) >= 11 is 0. The Labute approximate surface area is 77.7 Å². The molecule has 1 aliphatic rings. The van der Waals surface area contributed by atoms with E-state index in [1.54, 1.807) is 0 Å². The van der Waals surface area contributed by atoms with Crippen LogP contribution < -0.4 is 0 Å². The van der Waals surface area contributed by atoms with E-state index in [1.165, 1.54) is 32.1 Å². The summed E-state index contributed by atoms with van der Waals surface area (Å²) in [6.45, 7) is 9.48. The first-order chi connectivity index (χ1) is 5.71. The van der Waals surface area contributed by atoms with Crippen LogP contribution in [0.3, 0.4) is 0 Å². The van der Waals surface area contributed by atoms with E-state index >= 15 is 0 Å². The molecular weight excluding hydrogens is 144 g/mol. The van der Waals surface area contributed by atoms with Crippen molar-refractivity contribution in [2.24, 2.45) is 17.3 Å². The van der Waals surface area contributed by atoms with Crippen molar-refractivity contribution in [2.45, 2.75) is 59.8 Å². The molecule has 0 aliphatic heterocycles. The van der Waals surface area contributed by atoms with Gasteiger partial charge in [-0.15, -0.1) is 0 Å². The quantitative estimate of drug-likeness (QED) is 0.575. The van der Waals surface area contributed by atoms with Crippen LogP contribution in [0.25, 0.3) is 0 Å². The predicted molar refractivity (Wildman–Crippen MR) is 55.2 cm³/mol. The first kappa shape index (κ1) is 10.1. The minimum Gasteiger partial charge on any atom is -0.0654 e. The molecule has 12 heavy (non-hydrogen) atoms. The van der Waals surface area contributed by atoms with Gasteiger partial charge >= 0.3 is 0 Å². The predicted octanol–water partition coefficient (Wildman–Crippen LogP) is 4.25. The van der Waals surface area contributed by atoms with Crippen LogP contribution in [0.4, 0.5) is 0 Å². The molecule has 72 valence electrons. The molecule has 0 saturated heterocycles. The second-order valence-electron chi connectivity index (χ2n) is 4.60. The van der Waals surface area contributed by atoms with Gasteiger partial charge in [0.2, 0.25) is 0 Å². The Balaban J connectivity index is 2.54. The van der Waals surface area contributed by atoms with E-state index in [0.29, 0.717) is 0 Å². The minimum atomic E-state index is 0.776. The first-order valence-corrected chi connectivity index (χ1v) is 5.71. The summed E-state index contributed by atoms with van der Waals surface area (Å²) in [6.07, 6.45) is 7.14. The van der Waals surface area contributed by atoms with Crippen LogP contribution in [0.1, 0.15) is 59.8 Å². The van der Waals surface area contributed by atoms with Crippen molar-refractivity contribution < 1.29 is 0 Å². The molecule has 0 aromatic heterocycles. The SMILES string of the molecule is CCCC1(C(CC)CC)CC1C. The third-order valence-corrected chi connectivity index (χ3v) is 4.02. The Bertz CT molecular complexity index is 135. The molecule has 2 unspecified atom stereocenters. The summed E-state index contributed by atoms with van der Waals surface area (Å²) in [6, 6.07) is 0. The van der Waals surface area contributed by atoms with Crippen LogP contribution in [0.2, 0.25) is 0 Å². The normalized spacial score (nSPS) is 34.2. The lowest BCUT2D eigenvalue weighted by Gasteiger charge is -2.25. The third kappa shape index (κ3) is 1.53. The fourth-order valence-electron chi connectivity index (χ4n) is 3.20. The van der Waals surface area contributed by atoms with E-state index in [4.69, 9.17) is 0 Å². The van der Waals surface area contributed by atoms with Gasteiger partial charge in [0.1, 0.15) is 0 Å². The van der Waals surface area contributed by atoms with Crippen molar-refractivity contribution in [1.82, 2.24) is 0 Å². The molecule has 0 spiro atoms. The van der Waals surface area contributed by atoms with Gasteiger partial charge in [0, 0.05) is 0 Å². The molecule has 0 bridgehead atoms. The largest absolute Gasteiger partial charge is 0.0654 e. The molecule has 1 rings (SSSR count). The van der Waals surface area contributed by atoms with E-state index in [-0.39, 0.29) is 0 Å². The highest BCUT2D eigenvalue weighted by molar-refractivity contribution is 5.02. The van der Waals surface area contributed by atoms with Crippen molar-refractivity contribution in [1.29, 1.82) is 0 Å². The van der Waals surface area contributed by atoms with Crippen molar-refractivity contribution >= 4 is 0 Å². The van der Waals surface area contributed by atoms with Gasteiger partial charge in [-0.3, -0.25) is 0 Å². The fourth-order valence-corrected chi connectivity index (χ4v) is 3.20. The molecule has 2 atom stereocenters. The van der Waals surface area contributed by atoms with Crippen LogP contribution in [0.15, 0.2) is 0 Å². The minimum absolute atomic E-state index is 0.776. The number of rotatable bonds is 5. The van der Waals surface area contributed by atoms with Crippen LogP contribution in [0, 0.1) is 17.3 Å². The smallest absolute Gasteiger partial charge is 0.0241 e. The Morgan fingerprint density at radius 3 is 2.00 bits per heavy atom. The number of hydrogen-bond donors (Lipinski definition) is 0. The highest BCUT2D eigenvalue weighted by atomic mass is 14.6. The Kier molecular flexibility index (Phi) is 3.20. The fraction of sp³-hybridized carbons (Fsp3) is 1.00. The van der Waals surface area contributed by atoms with E-state index in [0.717, 1.165) is 17.3 Å². The Hall–Kier alpha value is 0. The summed E-state index contributed by atoms with van der Waals surface area (Å²) in [5.41, 5.74) is 0.776. The maximum atomic E-state index is 2.44. The van der Waals surface area contributed by atoms with E-state index in [2.05, 4.69) is 27.7 Å². The van der Waals surface area contributed by atoms with Gasteiger partial charge < -0.3 is 0 Å². The zero-order valence-corrected chi connectivity index (χ0v) is 9.19. The first-order valence-electron chi connectivity index (χ1n) is 5.71. The zero-order chi connectivity index (χ0) is 9.19. The molecule has 0 heteroatoms. The van der Waals surface area contributed by atoms with Crippen molar-refractivity contribution in [2.75, 3.05) is 0 Å². The van der Waals surface area contributed by atoms with Crippen molar-refractivity contribution in [3.63, 3.8) is 0 Å². The highest BCUT2D eigenvalue weighted by Crippen LogP contribution is 2.62. The van der Waals surface area contributed by atoms with E-state index in [9.17, 15) is 0 Å². The average molecular weight is 168 g/mol. The molecular formula is C12H24. The van der Waals surface area contributed by atoms with Crippen LogP contribution in [-0.4, -0.2) is 0 Å². The molecule has 0 aromatic carbocycles. The highest BCUT2D eigenvalue weighted by Gasteiger charge is 2.53. The van der Waals surface area contributed by atoms with E-state index in [1.807, 2.05) is 0 Å². The van der Waals surface area contributed by atoms with Crippen LogP contribution in [-0.2, 0) is 0 Å². The zero-order valence-electron chi connectivity index (χ0n) is 9.19. The molecule has 0 heterocycles. The Morgan fingerprint density at radius 2 is 1.75 bits per heavy atom. The molecule has 0 radical (unpaired) electrons. The average Bonchev–Trinajstić information content (AvgIpc) is 2.66. The summed E-state index contributed by atoms with van der Waals surface area (Å²) in [5, 5.41) is 0. The standard InChI is InChI=1S/C12H24/c1-5-8-12(9-10(12)4)11(6-2)7-3/h10-11H,5-9H2,1-4H3. The topological polar surface area (TPSA) is 0 Å². The molecule has 0 aromatic rings. The molecule has 1 fully saturated rings. The van der Waals surface area contributed by atoms with Crippen molar-refractivity contribution in [3.05, 3.63) is 0 Å². The third-order valence-electron chi connectivity index (χ3n) is 4.02. The summed E-state index contributed by atoms with van der Waals surface area (Å²) in [5.74, 6) is 2.02. The number of hydrogen-bond acceptors (Lipinski definition) is 0. The second kappa shape index (κ2) is 3.81. The molecule has 1 aliphatic carbocycles. The van der Waals surface area contributed by atoms with Gasteiger partial charge in [-0.2, -0.15) is 0 Å². The van der Waals surface area contributed by atoms with Crippen LogP contribution in [0.5, 0.6) is 0 Å². The summed E-state index contributed by atoms with van der Waals surface area (Å²) in [7, 11) is 0. The van der Waals surface area contributed by atoms with Crippen molar-refractivity contribution in [3.8, 4) is 0 Å². The molecule has 0 amide bonds. The van der Waals surface area contributed by atoms with Gasteiger partial charge in [-0.1, -0.05) is 47.0 Å². The van der Waals surface area contributed by atoms with Gasteiger partial charge in [0.15, 0.2) is 0 Å². The maximum absolute atomic E-state index is 2.44. The lowest BCUT2D eigenvalue weighted by molar-refractivity contribution is 0.246. The molecule has 0 nitrogen and oxygen atoms in total. The monoisotopic (exact) mass is 168 g/mol. The lowest BCUT2D eigenvalue weighted by atomic mass is 9.80. The Morgan fingerprint density at radius 1 is 1.25 bits per heavy atom. The molecule has 1 saturated carbocycles. The van der Waals surface area contributed by atoms with Crippen LogP contribution >= 0.6 is 0 Å². The van der Waals surface area contributed by atoms with Gasteiger partial charge in [0.25, 0.3) is 0 Å². The lowest BCUT2D eigenvalue weighted by Crippen LogP contribution is -2.16. The maximum Gasteiger partial charge on any atom is -0.0241 e. The van der Waals surface area contributed by atoms with Gasteiger partial charge in [0.05, 0.1) is 0 Å². The molecule has 0 N–H and O–H groups in total. The van der Waals surface area contributed by atoms with Gasteiger partial charge in [-0.25, -0.2) is 0 Å². The summed E-state index contributed by atoms with van der Waals surface area (Å²) in [4.78, 5) is 0. The second-order valence-corrected chi connectivity index (χ2v) is 4.60. The van der Waals surface area contributed by atoms with Gasteiger partial charge in [-0.05, 0) is 30.1 Å². The summed E-state index contributed by atoms with van der Waals surface area (Å²) < 4.78 is 0. The van der Waals surface area contributed by atoms with E-state index < -0.39 is 0 Å².